The molecule has 0 radical (unpaired) electrons. The quantitative estimate of drug-likeness (QED) is 0.789. The number of carbonyl (C=O) groups is 1. The molecule has 1 aliphatic rings. The molecule has 0 unspecified atom stereocenters. The highest BCUT2D eigenvalue weighted by atomic mass is 79.9. The molecule has 0 bridgehead atoms. The monoisotopic (exact) mass is 297 g/mol. The first-order valence-corrected chi connectivity index (χ1v) is 5.78. The van der Waals surface area contributed by atoms with Gasteiger partial charge in [-0.2, -0.15) is 5.26 Å². The molecule has 0 N–H and O–H groups in total. The van der Waals surface area contributed by atoms with Crippen LogP contribution in [0.25, 0.3) is 0 Å². The van der Waals surface area contributed by atoms with Crippen molar-refractivity contribution in [3.05, 3.63) is 33.8 Å². The van der Waals surface area contributed by atoms with E-state index < -0.39 is 17.6 Å². The van der Waals surface area contributed by atoms with Crippen LogP contribution in [-0.2, 0) is 10.2 Å². The number of rotatable bonds is 2. The number of ether oxygens (including phenoxy) is 1. The van der Waals surface area contributed by atoms with E-state index in [0.29, 0.717) is 10.0 Å². The minimum atomic E-state index is -1.22. The van der Waals surface area contributed by atoms with Crippen molar-refractivity contribution in [2.24, 2.45) is 0 Å². The van der Waals surface area contributed by atoms with Gasteiger partial charge in [-0.05, 0) is 23.8 Å². The van der Waals surface area contributed by atoms with Gasteiger partial charge in [-0.3, -0.25) is 0 Å². The molecule has 1 fully saturated rings. The first-order chi connectivity index (χ1) is 8.05. The van der Waals surface area contributed by atoms with Crippen molar-refractivity contribution in [1.82, 2.24) is 0 Å². The van der Waals surface area contributed by atoms with Crippen molar-refractivity contribution in [2.75, 3.05) is 7.11 Å². The van der Waals surface area contributed by atoms with Crippen molar-refractivity contribution < 1.29 is 13.9 Å². The van der Waals surface area contributed by atoms with E-state index in [2.05, 4.69) is 20.7 Å². The van der Waals surface area contributed by atoms with E-state index >= 15 is 0 Å². The van der Waals surface area contributed by atoms with E-state index in [4.69, 9.17) is 5.26 Å². The van der Waals surface area contributed by atoms with Gasteiger partial charge in [0.2, 0.25) is 0 Å². The van der Waals surface area contributed by atoms with Crippen LogP contribution in [0.2, 0.25) is 0 Å². The van der Waals surface area contributed by atoms with Crippen molar-refractivity contribution >= 4 is 21.9 Å². The maximum Gasteiger partial charge on any atom is 0.338 e. The first-order valence-electron chi connectivity index (χ1n) is 4.99. The maximum atomic E-state index is 13.4. The average Bonchev–Trinajstić information content (AvgIpc) is 3.00. The number of alkyl halides is 1. The van der Waals surface area contributed by atoms with E-state index in [0.717, 1.165) is 0 Å². The van der Waals surface area contributed by atoms with Gasteiger partial charge in [-0.25, -0.2) is 9.18 Å². The lowest BCUT2D eigenvalue weighted by atomic mass is 9.92. The van der Waals surface area contributed by atoms with Crippen molar-refractivity contribution in [1.29, 1.82) is 5.26 Å². The third-order valence-electron chi connectivity index (χ3n) is 2.94. The Balaban J connectivity index is 2.57. The summed E-state index contributed by atoms with van der Waals surface area (Å²) >= 11 is 3.25. The van der Waals surface area contributed by atoms with Gasteiger partial charge in [0, 0.05) is 10.9 Å². The van der Waals surface area contributed by atoms with Crippen LogP contribution in [0.3, 0.4) is 0 Å². The number of hydrogen-bond acceptors (Lipinski definition) is 3. The molecule has 5 heteroatoms. The van der Waals surface area contributed by atoms with Crippen LogP contribution in [0.15, 0.2) is 22.7 Å². The van der Waals surface area contributed by atoms with Gasteiger partial charge in [0.15, 0.2) is 0 Å². The zero-order valence-corrected chi connectivity index (χ0v) is 10.6. The number of nitrogens with zero attached hydrogens (tertiary/aromatic N) is 1. The minimum Gasteiger partial charge on any atom is -0.465 e. The Labute approximate surface area is 106 Å². The second-order valence-corrected chi connectivity index (χ2v) is 4.85. The Bertz CT molecular complexity index is 526. The highest BCUT2D eigenvalue weighted by Crippen LogP contribution is 2.51. The lowest BCUT2D eigenvalue weighted by Crippen LogP contribution is -2.15. The summed E-state index contributed by atoms with van der Waals surface area (Å²) in [7, 11) is 1.26. The molecule has 0 heterocycles. The standard InChI is InChI=1S/C12H9BrFNO2/c1-17-11(16)8-3-2-7(13)4-9(8)12(6-15)5-10(12)14/h2-4,10H,5H2,1H3/t10-,12+/m1/s1. The molecule has 1 saturated carbocycles. The van der Waals surface area contributed by atoms with Gasteiger partial charge in [0.25, 0.3) is 0 Å². The van der Waals surface area contributed by atoms with Crippen LogP contribution in [0.4, 0.5) is 4.39 Å². The number of carbonyl (C=O) groups excluding carboxylic acids is 1. The Morgan fingerprint density at radius 1 is 1.71 bits per heavy atom. The normalized spacial score (nSPS) is 26.1. The molecular formula is C12H9BrFNO2. The van der Waals surface area contributed by atoms with Crippen LogP contribution in [0, 0.1) is 11.3 Å². The van der Waals surface area contributed by atoms with Crippen molar-refractivity contribution in [2.45, 2.75) is 18.0 Å². The SMILES string of the molecule is COC(=O)c1ccc(Br)cc1[C@@]1(C#N)C[C@H]1F. The van der Waals surface area contributed by atoms with Gasteiger partial charge in [0.05, 0.1) is 18.7 Å². The number of hydrogen-bond donors (Lipinski definition) is 0. The number of methoxy groups -OCH3 is 1. The molecule has 2 atom stereocenters. The summed E-state index contributed by atoms with van der Waals surface area (Å²) in [6.45, 7) is 0. The average molecular weight is 298 g/mol. The summed E-state index contributed by atoms with van der Waals surface area (Å²) in [5.41, 5.74) is -0.543. The second kappa shape index (κ2) is 4.11. The smallest absolute Gasteiger partial charge is 0.338 e. The molecule has 3 nitrogen and oxygen atoms in total. The molecule has 0 amide bonds. The van der Waals surface area contributed by atoms with E-state index in [9.17, 15) is 9.18 Å². The molecule has 0 aromatic heterocycles. The highest BCUT2D eigenvalue weighted by Gasteiger charge is 2.59. The molecule has 2 rings (SSSR count). The summed E-state index contributed by atoms with van der Waals surface area (Å²) in [4.78, 5) is 11.6. The minimum absolute atomic E-state index is 0.129. The second-order valence-electron chi connectivity index (χ2n) is 3.94. The maximum absolute atomic E-state index is 13.4. The summed E-state index contributed by atoms with van der Waals surface area (Å²) < 4.78 is 18.7. The van der Waals surface area contributed by atoms with Gasteiger partial charge >= 0.3 is 5.97 Å². The van der Waals surface area contributed by atoms with Crippen LogP contribution in [0.1, 0.15) is 22.3 Å². The zero-order chi connectivity index (χ0) is 12.6. The molecule has 0 saturated heterocycles. The number of esters is 1. The first kappa shape index (κ1) is 12.1. The molecule has 88 valence electrons. The summed E-state index contributed by atoms with van der Waals surface area (Å²) in [5, 5.41) is 9.09. The fourth-order valence-electron chi connectivity index (χ4n) is 1.85. The summed E-state index contributed by atoms with van der Waals surface area (Å²) in [6.07, 6.45) is -1.09. The van der Waals surface area contributed by atoms with E-state index in [1.807, 2.05) is 6.07 Å². The summed E-state index contributed by atoms with van der Waals surface area (Å²) in [6, 6.07) is 6.77. The lowest BCUT2D eigenvalue weighted by Gasteiger charge is -2.12. The zero-order valence-electron chi connectivity index (χ0n) is 9.04. The Morgan fingerprint density at radius 3 is 2.82 bits per heavy atom. The van der Waals surface area contributed by atoms with Crippen LogP contribution < -0.4 is 0 Å². The van der Waals surface area contributed by atoms with E-state index in [1.54, 1.807) is 12.1 Å². The van der Waals surface area contributed by atoms with Gasteiger partial charge in [-0.1, -0.05) is 15.9 Å². The summed E-state index contributed by atoms with van der Waals surface area (Å²) in [5.74, 6) is -0.554. The number of halogens is 2. The fourth-order valence-corrected chi connectivity index (χ4v) is 2.21. The third kappa shape index (κ3) is 1.83. The Morgan fingerprint density at radius 2 is 2.35 bits per heavy atom. The van der Waals surface area contributed by atoms with E-state index in [-0.39, 0.29) is 12.0 Å². The van der Waals surface area contributed by atoms with Gasteiger partial charge in [-0.15, -0.1) is 0 Å². The lowest BCUT2D eigenvalue weighted by molar-refractivity contribution is 0.0599. The predicted octanol–water partition coefficient (Wildman–Crippen LogP) is 2.74. The molecule has 1 aliphatic carbocycles. The van der Waals surface area contributed by atoms with Crippen LogP contribution in [0.5, 0.6) is 0 Å². The largest absolute Gasteiger partial charge is 0.465 e. The number of nitriles is 1. The highest BCUT2D eigenvalue weighted by molar-refractivity contribution is 9.10. The Kier molecular flexibility index (Phi) is 2.92. The van der Waals surface area contributed by atoms with E-state index in [1.165, 1.54) is 13.2 Å². The molecular weight excluding hydrogens is 289 g/mol. The predicted molar refractivity (Wildman–Crippen MR) is 62.3 cm³/mol. The topological polar surface area (TPSA) is 50.1 Å². The molecule has 1 aromatic carbocycles. The molecule has 17 heavy (non-hydrogen) atoms. The van der Waals surface area contributed by atoms with Crippen LogP contribution >= 0.6 is 15.9 Å². The van der Waals surface area contributed by atoms with Gasteiger partial charge in [0.1, 0.15) is 11.6 Å². The molecule has 0 spiro atoms. The Hall–Kier alpha value is -1.41. The van der Waals surface area contributed by atoms with Crippen LogP contribution in [-0.4, -0.2) is 19.3 Å². The van der Waals surface area contributed by atoms with Gasteiger partial charge < -0.3 is 4.74 Å². The molecule has 1 aromatic rings. The third-order valence-corrected chi connectivity index (χ3v) is 3.44. The fraction of sp³-hybridized carbons (Fsp3) is 0.333. The van der Waals surface area contributed by atoms with Crippen molar-refractivity contribution in [3.63, 3.8) is 0 Å². The number of benzene rings is 1. The van der Waals surface area contributed by atoms with Crippen molar-refractivity contribution in [3.8, 4) is 6.07 Å². The molecule has 0 aliphatic heterocycles.